The molecular weight excluding hydrogens is 463 g/mol. The SMILES string of the molecule is O=C(NC(=S)Nc1ccc(C(=O)Nc2cccc(C(F)(F)F)c2)cc1)c1ccc(Cl)cc1. The molecule has 32 heavy (non-hydrogen) atoms. The van der Waals surface area contributed by atoms with E-state index in [-0.39, 0.29) is 16.4 Å². The highest BCUT2D eigenvalue weighted by molar-refractivity contribution is 7.80. The third-order valence-electron chi connectivity index (χ3n) is 4.19. The van der Waals surface area contributed by atoms with Gasteiger partial charge in [-0.1, -0.05) is 17.7 Å². The Morgan fingerprint density at radius 1 is 0.781 bits per heavy atom. The zero-order valence-corrected chi connectivity index (χ0v) is 17.7. The highest BCUT2D eigenvalue weighted by atomic mass is 35.5. The Labute approximate surface area is 191 Å². The molecule has 0 aliphatic rings. The van der Waals surface area contributed by atoms with Crippen LogP contribution in [0.15, 0.2) is 72.8 Å². The number of amides is 2. The number of alkyl halides is 3. The molecule has 2 amide bonds. The van der Waals surface area contributed by atoms with Crippen molar-refractivity contribution >= 4 is 52.1 Å². The number of nitrogens with one attached hydrogen (secondary N) is 3. The van der Waals surface area contributed by atoms with Crippen LogP contribution in [0.3, 0.4) is 0 Å². The van der Waals surface area contributed by atoms with Gasteiger partial charge in [0, 0.05) is 27.5 Å². The number of thiocarbonyl (C=S) groups is 1. The van der Waals surface area contributed by atoms with Crippen molar-refractivity contribution in [3.05, 3.63) is 94.5 Å². The van der Waals surface area contributed by atoms with E-state index in [9.17, 15) is 22.8 Å². The van der Waals surface area contributed by atoms with E-state index in [1.54, 1.807) is 36.4 Å². The molecule has 0 heterocycles. The van der Waals surface area contributed by atoms with Gasteiger partial charge < -0.3 is 10.6 Å². The smallest absolute Gasteiger partial charge is 0.332 e. The third-order valence-corrected chi connectivity index (χ3v) is 4.64. The van der Waals surface area contributed by atoms with Crippen LogP contribution < -0.4 is 16.0 Å². The molecule has 0 fully saturated rings. The summed E-state index contributed by atoms with van der Waals surface area (Å²) in [5.74, 6) is -0.995. The minimum Gasteiger partial charge on any atom is -0.332 e. The molecule has 0 atom stereocenters. The van der Waals surface area contributed by atoms with Crippen molar-refractivity contribution < 1.29 is 22.8 Å². The van der Waals surface area contributed by atoms with Gasteiger partial charge in [-0.3, -0.25) is 14.9 Å². The summed E-state index contributed by atoms with van der Waals surface area (Å²) in [5.41, 5.74) is 0.272. The summed E-state index contributed by atoms with van der Waals surface area (Å²) in [4.78, 5) is 24.5. The second-order valence-corrected chi connectivity index (χ2v) is 7.37. The van der Waals surface area contributed by atoms with Crippen LogP contribution in [0.4, 0.5) is 24.5 Å². The molecule has 3 rings (SSSR count). The molecule has 0 aliphatic carbocycles. The van der Waals surface area contributed by atoms with E-state index >= 15 is 0 Å². The molecule has 5 nitrogen and oxygen atoms in total. The Balaban J connectivity index is 1.58. The molecule has 0 aliphatic heterocycles. The average Bonchev–Trinajstić information content (AvgIpc) is 2.74. The maximum Gasteiger partial charge on any atom is 0.416 e. The number of halogens is 4. The minimum absolute atomic E-state index is 0.0260. The van der Waals surface area contributed by atoms with Crippen LogP contribution in [0.25, 0.3) is 0 Å². The molecule has 3 N–H and O–H groups in total. The summed E-state index contributed by atoms with van der Waals surface area (Å²) in [7, 11) is 0. The van der Waals surface area contributed by atoms with E-state index in [1.165, 1.54) is 24.3 Å². The summed E-state index contributed by atoms with van der Waals surface area (Å²) in [6.07, 6.45) is -4.50. The molecule has 3 aromatic carbocycles. The largest absolute Gasteiger partial charge is 0.416 e. The first-order valence-corrected chi connectivity index (χ1v) is 9.87. The predicted molar refractivity (Wildman–Crippen MR) is 121 cm³/mol. The van der Waals surface area contributed by atoms with Crippen LogP contribution in [0.1, 0.15) is 26.3 Å². The normalized spacial score (nSPS) is 10.9. The lowest BCUT2D eigenvalue weighted by atomic mass is 10.1. The zero-order chi connectivity index (χ0) is 23.3. The standard InChI is InChI=1S/C22H15ClF3N3O2S/c23-16-8-4-13(5-9-16)20(31)29-21(32)28-17-10-6-14(7-11-17)19(30)27-18-3-1-2-15(12-18)22(24,25)26/h1-12H,(H,27,30)(H2,28,29,31,32). The molecule has 0 saturated carbocycles. The van der Waals surface area contributed by atoms with Crippen molar-refractivity contribution in [2.24, 2.45) is 0 Å². The van der Waals surface area contributed by atoms with Crippen LogP contribution in [0, 0.1) is 0 Å². The molecule has 0 bridgehead atoms. The van der Waals surface area contributed by atoms with Crippen molar-refractivity contribution in [3.63, 3.8) is 0 Å². The molecule has 0 spiro atoms. The first-order valence-electron chi connectivity index (χ1n) is 9.08. The van der Waals surface area contributed by atoms with Gasteiger partial charge in [-0.05, 0) is 78.9 Å². The third kappa shape index (κ3) is 6.29. The highest BCUT2D eigenvalue weighted by Gasteiger charge is 2.30. The molecule has 0 unspecified atom stereocenters. The summed E-state index contributed by atoms with van der Waals surface area (Å²) in [5, 5.41) is 8.30. The van der Waals surface area contributed by atoms with Crippen LogP contribution in [-0.2, 0) is 6.18 Å². The second-order valence-electron chi connectivity index (χ2n) is 6.53. The monoisotopic (exact) mass is 477 g/mol. The van der Waals surface area contributed by atoms with Gasteiger partial charge in [0.2, 0.25) is 0 Å². The van der Waals surface area contributed by atoms with Gasteiger partial charge in [0.1, 0.15) is 0 Å². The number of carbonyl (C=O) groups is 2. The zero-order valence-electron chi connectivity index (χ0n) is 16.2. The van der Waals surface area contributed by atoms with Gasteiger partial charge in [-0.25, -0.2) is 0 Å². The average molecular weight is 478 g/mol. The number of carbonyl (C=O) groups excluding carboxylic acids is 2. The Kier molecular flexibility index (Phi) is 7.12. The predicted octanol–water partition coefficient (Wildman–Crippen LogP) is 5.74. The van der Waals surface area contributed by atoms with Crippen molar-refractivity contribution in [3.8, 4) is 0 Å². The molecular formula is C22H15ClF3N3O2S. The Morgan fingerprint density at radius 3 is 2.00 bits per heavy atom. The van der Waals surface area contributed by atoms with Gasteiger partial charge in [0.15, 0.2) is 5.11 Å². The topological polar surface area (TPSA) is 70.2 Å². The Bertz CT molecular complexity index is 1150. The van der Waals surface area contributed by atoms with Crippen molar-refractivity contribution in [2.45, 2.75) is 6.18 Å². The molecule has 0 aromatic heterocycles. The maximum atomic E-state index is 12.8. The van der Waals surface area contributed by atoms with E-state index in [1.807, 2.05) is 0 Å². The first kappa shape index (κ1) is 23.2. The fraction of sp³-hybridized carbons (Fsp3) is 0.0455. The number of hydrogen-bond donors (Lipinski definition) is 3. The van der Waals surface area contributed by atoms with Crippen LogP contribution in [0.5, 0.6) is 0 Å². The number of anilines is 2. The lowest BCUT2D eigenvalue weighted by molar-refractivity contribution is -0.137. The summed E-state index contributed by atoms with van der Waals surface area (Å²) < 4.78 is 38.4. The van der Waals surface area contributed by atoms with Crippen molar-refractivity contribution in [1.29, 1.82) is 0 Å². The minimum atomic E-state index is -4.50. The van der Waals surface area contributed by atoms with Gasteiger partial charge in [0.25, 0.3) is 11.8 Å². The fourth-order valence-corrected chi connectivity index (χ4v) is 2.96. The quantitative estimate of drug-likeness (QED) is 0.419. The van der Waals surface area contributed by atoms with Crippen molar-refractivity contribution in [1.82, 2.24) is 5.32 Å². The molecule has 0 radical (unpaired) electrons. The summed E-state index contributed by atoms with van der Waals surface area (Å²) >= 11 is 10.9. The Hall–Kier alpha value is -3.43. The molecule has 164 valence electrons. The maximum absolute atomic E-state index is 12.8. The van der Waals surface area contributed by atoms with Crippen LogP contribution in [-0.4, -0.2) is 16.9 Å². The Morgan fingerprint density at radius 2 is 1.38 bits per heavy atom. The van der Waals surface area contributed by atoms with E-state index in [4.69, 9.17) is 23.8 Å². The van der Waals surface area contributed by atoms with E-state index < -0.39 is 23.6 Å². The second kappa shape index (κ2) is 9.80. The van der Waals surface area contributed by atoms with Gasteiger partial charge in [-0.15, -0.1) is 0 Å². The van der Waals surface area contributed by atoms with Gasteiger partial charge in [-0.2, -0.15) is 13.2 Å². The number of hydrogen-bond acceptors (Lipinski definition) is 3. The number of rotatable bonds is 4. The molecule has 3 aromatic rings. The van der Waals surface area contributed by atoms with Gasteiger partial charge >= 0.3 is 6.18 Å². The van der Waals surface area contributed by atoms with Crippen LogP contribution in [0.2, 0.25) is 5.02 Å². The lowest BCUT2D eigenvalue weighted by Gasteiger charge is -2.11. The number of benzene rings is 3. The summed E-state index contributed by atoms with van der Waals surface area (Å²) in [6, 6.07) is 16.6. The lowest BCUT2D eigenvalue weighted by Crippen LogP contribution is -2.34. The highest BCUT2D eigenvalue weighted by Crippen LogP contribution is 2.30. The van der Waals surface area contributed by atoms with E-state index in [0.29, 0.717) is 16.3 Å². The van der Waals surface area contributed by atoms with E-state index in [2.05, 4.69) is 16.0 Å². The van der Waals surface area contributed by atoms with Gasteiger partial charge in [0.05, 0.1) is 5.56 Å². The summed E-state index contributed by atoms with van der Waals surface area (Å²) in [6.45, 7) is 0. The fourth-order valence-electron chi connectivity index (χ4n) is 2.62. The van der Waals surface area contributed by atoms with Crippen LogP contribution >= 0.6 is 23.8 Å². The first-order chi connectivity index (χ1) is 15.1. The molecule has 0 saturated heterocycles. The van der Waals surface area contributed by atoms with E-state index in [0.717, 1.165) is 12.1 Å². The molecule has 10 heteroatoms. The van der Waals surface area contributed by atoms with Crippen molar-refractivity contribution in [2.75, 3.05) is 10.6 Å².